The molecule has 0 saturated carbocycles. The van der Waals surface area contributed by atoms with Gasteiger partial charge in [-0.15, -0.1) is 0 Å². The van der Waals surface area contributed by atoms with Crippen LogP contribution in [0.1, 0.15) is 12.8 Å². The summed E-state index contributed by atoms with van der Waals surface area (Å²) in [6, 6.07) is 4.58. The summed E-state index contributed by atoms with van der Waals surface area (Å²) in [5, 5.41) is 3.14. The summed E-state index contributed by atoms with van der Waals surface area (Å²) in [4.78, 5) is 11.7. The van der Waals surface area contributed by atoms with Crippen LogP contribution in [0.3, 0.4) is 0 Å². The first-order valence-electron chi connectivity index (χ1n) is 7.68. The Bertz CT molecular complexity index is 860. The van der Waals surface area contributed by atoms with E-state index in [9.17, 15) is 13.2 Å². The second-order valence-corrected chi connectivity index (χ2v) is 7.90. The van der Waals surface area contributed by atoms with E-state index < -0.39 is 15.8 Å². The van der Waals surface area contributed by atoms with Crippen LogP contribution in [-0.4, -0.2) is 44.0 Å². The fourth-order valence-corrected chi connectivity index (χ4v) is 4.55. The molecule has 2 aromatic rings. The average molecular weight is 339 g/mol. The quantitative estimate of drug-likeness (QED) is 0.889. The smallest absolute Gasteiger partial charge is 0.408 e. The SMILES string of the molecule is CNCC1CCN(S(=O)(=O)c2ccc3c(c2)oc(=O)n3C)CC1. The maximum absolute atomic E-state index is 12.8. The summed E-state index contributed by atoms with van der Waals surface area (Å²) in [6.07, 6.45) is 1.70. The first-order valence-corrected chi connectivity index (χ1v) is 9.12. The number of nitrogens with zero attached hydrogens (tertiary/aromatic N) is 2. The van der Waals surface area contributed by atoms with E-state index in [0.717, 1.165) is 19.4 Å². The van der Waals surface area contributed by atoms with Crippen LogP contribution in [-0.2, 0) is 17.1 Å². The molecule has 3 rings (SSSR count). The van der Waals surface area contributed by atoms with Crippen LogP contribution in [0.5, 0.6) is 0 Å². The van der Waals surface area contributed by atoms with Crippen molar-refractivity contribution in [1.82, 2.24) is 14.2 Å². The molecule has 1 aliphatic heterocycles. The molecule has 23 heavy (non-hydrogen) atoms. The second-order valence-electron chi connectivity index (χ2n) is 5.96. The first kappa shape index (κ1) is 16.2. The molecule has 1 aliphatic rings. The molecule has 1 aromatic carbocycles. The fourth-order valence-electron chi connectivity index (χ4n) is 3.07. The van der Waals surface area contributed by atoms with Crippen LogP contribution in [0.15, 0.2) is 32.3 Å². The molecule has 0 aliphatic carbocycles. The van der Waals surface area contributed by atoms with Gasteiger partial charge in [0.1, 0.15) is 0 Å². The van der Waals surface area contributed by atoms with Gasteiger partial charge in [0, 0.05) is 26.2 Å². The van der Waals surface area contributed by atoms with Crippen molar-refractivity contribution in [3.05, 3.63) is 28.7 Å². The molecule has 1 fully saturated rings. The molecule has 0 radical (unpaired) electrons. The van der Waals surface area contributed by atoms with Gasteiger partial charge in [-0.25, -0.2) is 13.2 Å². The van der Waals surface area contributed by atoms with Crippen LogP contribution >= 0.6 is 0 Å². The molecular formula is C15H21N3O4S. The van der Waals surface area contributed by atoms with Crippen molar-refractivity contribution in [3.8, 4) is 0 Å². The Balaban J connectivity index is 1.87. The van der Waals surface area contributed by atoms with Gasteiger partial charge < -0.3 is 9.73 Å². The normalized spacial score (nSPS) is 17.8. The third-order valence-corrected chi connectivity index (χ3v) is 6.36. The Kier molecular flexibility index (Phi) is 4.31. The number of nitrogens with one attached hydrogen (secondary N) is 1. The monoisotopic (exact) mass is 339 g/mol. The number of fused-ring (bicyclic) bond motifs is 1. The number of hydrogen-bond acceptors (Lipinski definition) is 5. The molecule has 1 saturated heterocycles. The maximum atomic E-state index is 12.8. The summed E-state index contributed by atoms with van der Waals surface area (Å²) >= 11 is 0. The summed E-state index contributed by atoms with van der Waals surface area (Å²) < 4.78 is 33.5. The molecule has 126 valence electrons. The van der Waals surface area contributed by atoms with Crippen molar-refractivity contribution in [2.45, 2.75) is 17.7 Å². The van der Waals surface area contributed by atoms with E-state index in [1.807, 2.05) is 7.05 Å². The van der Waals surface area contributed by atoms with Crippen molar-refractivity contribution in [2.75, 3.05) is 26.7 Å². The van der Waals surface area contributed by atoms with Crippen molar-refractivity contribution < 1.29 is 12.8 Å². The summed E-state index contributed by atoms with van der Waals surface area (Å²) in [7, 11) is -0.0530. The highest BCUT2D eigenvalue weighted by molar-refractivity contribution is 7.89. The lowest BCUT2D eigenvalue weighted by Gasteiger charge is -2.31. The number of aromatic nitrogens is 1. The molecule has 0 bridgehead atoms. The summed E-state index contributed by atoms with van der Waals surface area (Å²) in [5.74, 6) is 0.0171. The molecule has 0 atom stereocenters. The van der Waals surface area contributed by atoms with Gasteiger partial charge in [-0.05, 0) is 44.5 Å². The third kappa shape index (κ3) is 2.93. The Morgan fingerprint density at radius 3 is 2.65 bits per heavy atom. The molecule has 0 amide bonds. The Morgan fingerprint density at radius 1 is 1.30 bits per heavy atom. The van der Waals surface area contributed by atoms with E-state index in [0.29, 0.717) is 30.1 Å². The number of aryl methyl sites for hydroxylation is 1. The number of benzene rings is 1. The van der Waals surface area contributed by atoms with Gasteiger partial charge in [0.05, 0.1) is 10.4 Å². The predicted octanol–water partition coefficient (Wildman–Crippen LogP) is 0.752. The lowest BCUT2D eigenvalue weighted by atomic mass is 9.98. The maximum Gasteiger partial charge on any atom is 0.419 e. The lowest BCUT2D eigenvalue weighted by molar-refractivity contribution is 0.270. The van der Waals surface area contributed by atoms with E-state index >= 15 is 0 Å². The Morgan fingerprint density at radius 2 is 2.00 bits per heavy atom. The molecule has 1 aromatic heterocycles. The van der Waals surface area contributed by atoms with Crippen molar-refractivity contribution >= 4 is 21.1 Å². The van der Waals surface area contributed by atoms with Crippen LogP contribution in [0.25, 0.3) is 11.1 Å². The van der Waals surface area contributed by atoms with Gasteiger partial charge in [0.2, 0.25) is 10.0 Å². The molecule has 7 nitrogen and oxygen atoms in total. The Hall–Kier alpha value is -1.64. The van der Waals surface area contributed by atoms with E-state index in [1.54, 1.807) is 13.1 Å². The zero-order valence-electron chi connectivity index (χ0n) is 13.3. The minimum atomic E-state index is -3.55. The van der Waals surface area contributed by atoms with Gasteiger partial charge in [-0.3, -0.25) is 4.57 Å². The third-order valence-electron chi connectivity index (χ3n) is 4.47. The zero-order chi connectivity index (χ0) is 16.6. The molecule has 8 heteroatoms. The Labute approximate surface area is 134 Å². The van der Waals surface area contributed by atoms with E-state index in [-0.39, 0.29) is 4.90 Å². The predicted molar refractivity (Wildman–Crippen MR) is 86.9 cm³/mol. The van der Waals surface area contributed by atoms with Crippen LogP contribution in [0, 0.1) is 5.92 Å². The molecule has 0 spiro atoms. The fraction of sp³-hybridized carbons (Fsp3) is 0.533. The highest BCUT2D eigenvalue weighted by atomic mass is 32.2. The summed E-state index contributed by atoms with van der Waals surface area (Å²) in [5.41, 5.74) is 0.880. The second kappa shape index (κ2) is 6.10. The topological polar surface area (TPSA) is 84.6 Å². The van der Waals surface area contributed by atoms with Gasteiger partial charge in [-0.2, -0.15) is 4.31 Å². The minimum absolute atomic E-state index is 0.173. The molecule has 1 N–H and O–H groups in total. The number of sulfonamides is 1. The van der Waals surface area contributed by atoms with Crippen LogP contribution < -0.4 is 11.1 Å². The van der Waals surface area contributed by atoms with Crippen molar-refractivity contribution in [3.63, 3.8) is 0 Å². The van der Waals surface area contributed by atoms with Crippen molar-refractivity contribution in [1.29, 1.82) is 0 Å². The minimum Gasteiger partial charge on any atom is -0.408 e. The van der Waals surface area contributed by atoms with Gasteiger partial charge >= 0.3 is 5.76 Å². The standard InChI is InChI=1S/C15H21N3O4S/c1-16-10-11-5-7-18(8-6-11)23(20,21)12-3-4-13-14(9-12)22-15(19)17(13)2/h3-4,9,11,16H,5-8,10H2,1-2H3. The molecule has 0 unspecified atom stereocenters. The van der Waals surface area contributed by atoms with Gasteiger partial charge in [0.15, 0.2) is 5.58 Å². The number of oxazole rings is 1. The summed E-state index contributed by atoms with van der Waals surface area (Å²) in [6.45, 7) is 1.95. The number of rotatable bonds is 4. The molecule has 2 heterocycles. The van der Waals surface area contributed by atoms with Gasteiger partial charge in [-0.1, -0.05) is 0 Å². The van der Waals surface area contributed by atoms with Crippen LogP contribution in [0.4, 0.5) is 0 Å². The zero-order valence-corrected chi connectivity index (χ0v) is 14.1. The largest absolute Gasteiger partial charge is 0.419 e. The van der Waals surface area contributed by atoms with E-state index in [2.05, 4.69) is 5.32 Å². The highest BCUT2D eigenvalue weighted by Crippen LogP contribution is 2.25. The van der Waals surface area contributed by atoms with E-state index in [4.69, 9.17) is 4.42 Å². The number of piperidine rings is 1. The number of hydrogen-bond donors (Lipinski definition) is 1. The first-order chi connectivity index (χ1) is 10.9. The lowest BCUT2D eigenvalue weighted by Crippen LogP contribution is -2.40. The van der Waals surface area contributed by atoms with Crippen molar-refractivity contribution in [2.24, 2.45) is 13.0 Å². The van der Waals surface area contributed by atoms with E-state index in [1.165, 1.54) is 21.0 Å². The van der Waals surface area contributed by atoms with Gasteiger partial charge in [0.25, 0.3) is 0 Å². The average Bonchev–Trinajstić information content (AvgIpc) is 2.82. The molecular weight excluding hydrogens is 318 g/mol. The van der Waals surface area contributed by atoms with Crippen LogP contribution in [0.2, 0.25) is 0 Å². The highest BCUT2D eigenvalue weighted by Gasteiger charge is 2.29.